The van der Waals surface area contributed by atoms with E-state index in [1.54, 1.807) is 0 Å². The number of amides is 4. The van der Waals surface area contributed by atoms with Crippen molar-refractivity contribution in [3.8, 4) is 0 Å². The van der Waals surface area contributed by atoms with E-state index in [4.69, 9.17) is 0 Å². The summed E-state index contributed by atoms with van der Waals surface area (Å²) in [4.78, 5) is 58.8. The van der Waals surface area contributed by atoms with E-state index in [-0.39, 0.29) is 74.0 Å². The van der Waals surface area contributed by atoms with Crippen LogP contribution in [0.2, 0.25) is 0 Å². The highest BCUT2D eigenvalue weighted by Gasteiger charge is 2.22. The van der Waals surface area contributed by atoms with E-state index in [1.807, 2.05) is 13.8 Å². The van der Waals surface area contributed by atoms with Gasteiger partial charge in [0.05, 0.1) is 6.04 Å². The maximum absolute atomic E-state index is 12.4. The summed E-state index contributed by atoms with van der Waals surface area (Å²) < 4.78 is 0. The summed E-state index contributed by atoms with van der Waals surface area (Å²) in [5, 5.41) is 10.3. The molecule has 9 nitrogen and oxygen atoms in total. The maximum atomic E-state index is 12.4. The van der Waals surface area contributed by atoms with Crippen LogP contribution in [0.1, 0.15) is 58.8 Å². The molecule has 0 fully saturated rings. The van der Waals surface area contributed by atoms with Crippen LogP contribution in [0, 0.1) is 0 Å². The van der Waals surface area contributed by atoms with Crippen molar-refractivity contribution in [2.24, 2.45) is 0 Å². The zero-order valence-corrected chi connectivity index (χ0v) is 16.6. The lowest BCUT2D eigenvalue weighted by atomic mass is 10.0. The predicted octanol–water partition coefficient (Wildman–Crippen LogP) is -0.212. The molecule has 0 bridgehead atoms. The molecule has 0 aromatic rings. The quantitative estimate of drug-likeness (QED) is 0.349. The largest absolute Gasteiger partial charge is 0.359 e. The number of ketones is 1. The first-order valence-corrected chi connectivity index (χ1v) is 9.22. The van der Waals surface area contributed by atoms with Crippen LogP contribution in [0.15, 0.2) is 0 Å². The molecule has 0 aromatic heterocycles. The Morgan fingerprint density at radius 2 is 1.19 bits per heavy atom. The monoisotopic (exact) mass is 384 g/mol. The average molecular weight is 384 g/mol. The standard InChI is InChI=1S/C18H32N4O5/c1-12(2)21-18(27)11-9-14(23)13(8-10-16(25)20-4)22-17(26)7-5-6-15(24)19-3/h12-13H,5-11H2,1-4H3,(H,19,24)(H,20,25)(H,21,27)(H,22,26)/t13-/m0/s1. The first-order chi connectivity index (χ1) is 12.7. The number of hydrogen-bond acceptors (Lipinski definition) is 5. The molecule has 0 saturated carbocycles. The summed E-state index contributed by atoms with van der Waals surface area (Å²) in [5.41, 5.74) is 0. The zero-order valence-electron chi connectivity index (χ0n) is 16.6. The number of carbonyl (C=O) groups is 5. The van der Waals surface area contributed by atoms with E-state index in [1.165, 1.54) is 14.1 Å². The van der Waals surface area contributed by atoms with Gasteiger partial charge in [0.2, 0.25) is 23.6 Å². The molecule has 0 radical (unpaired) electrons. The van der Waals surface area contributed by atoms with Gasteiger partial charge in [-0.05, 0) is 26.7 Å². The van der Waals surface area contributed by atoms with Gasteiger partial charge in [0.1, 0.15) is 0 Å². The fourth-order valence-corrected chi connectivity index (χ4v) is 2.32. The smallest absolute Gasteiger partial charge is 0.220 e. The first kappa shape index (κ1) is 24.6. The van der Waals surface area contributed by atoms with Crippen molar-refractivity contribution < 1.29 is 24.0 Å². The molecule has 0 saturated heterocycles. The number of hydrogen-bond donors (Lipinski definition) is 4. The van der Waals surface area contributed by atoms with E-state index < -0.39 is 6.04 Å². The molecule has 4 amide bonds. The van der Waals surface area contributed by atoms with Crippen molar-refractivity contribution in [1.82, 2.24) is 21.3 Å². The Morgan fingerprint density at radius 3 is 1.74 bits per heavy atom. The van der Waals surface area contributed by atoms with Gasteiger partial charge in [-0.3, -0.25) is 24.0 Å². The summed E-state index contributed by atoms with van der Waals surface area (Å²) in [6, 6.07) is -0.849. The van der Waals surface area contributed by atoms with Crippen molar-refractivity contribution >= 4 is 29.4 Å². The van der Waals surface area contributed by atoms with Crippen molar-refractivity contribution in [2.45, 2.75) is 70.9 Å². The summed E-state index contributed by atoms with van der Waals surface area (Å²) in [7, 11) is 3.01. The van der Waals surface area contributed by atoms with Crippen molar-refractivity contribution in [3.05, 3.63) is 0 Å². The van der Waals surface area contributed by atoms with Crippen LogP contribution in [-0.4, -0.2) is 55.6 Å². The topological polar surface area (TPSA) is 133 Å². The van der Waals surface area contributed by atoms with E-state index >= 15 is 0 Å². The maximum Gasteiger partial charge on any atom is 0.220 e. The lowest BCUT2D eigenvalue weighted by Gasteiger charge is -2.18. The summed E-state index contributed by atoms with van der Waals surface area (Å²) in [5.74, 6) is -1.29. The fourth-order valence-electron chi connectivity index (χ4n) is 2.32. The third-order valence-corrected chi connectivity index (χ3v) is 3.80. The predicted molar refractivity (Wildman–Crippen MR) is 101 cm³/mol. The lowest BCUT2D eigenvalue weighted by Crippen LogP contribution is -2.42. The summed E-state index contributed by atoms with van der Waals surface area (Å²) in [6.07, 6.45) is 0.935. The highest BCUT2D eigenvalue weighted by molar-refractivity contribution is 5.92. The number of carbonyl (C=O) groups excluding carboxylic acids is 5. The number of rotatable bonds is 13. The minimum absolute atomic E-state index is 0.0170. The van der Waals surface area contributed by atoms with Crippen molar-refractivity contribution in [2.75, 3.05) is 14.1 Å². The minimum atomic E-state index is -0.832. The van der Waals surface area contributed by atoms with Gasteiger partial charge in [-0.2, -0.15) is 0 Å². The van der Waals surface area contributed by atoms with Crippen LogP contribution in [-0.2, 0) is 24.0 Å². The normalized spacial score (nSPS) is 11.4. The Hall–Kier alpha value is -2.45. The Labute approximate surface area is 160 Å². The highest BCUT2D eigenvalue weighted by atomic mass is 16.2. The average Bonchev–Trinajstić information content (AvgIpc) is 2.61. The third kappa shape index (κ3) is 12.5. The molecule has 0 unspecified atom stereocenters. The summed E-state index contributed by atoms with van der Waals surface area (Å²) in [6.45, 7) is 3.65. The fraction of sp³-hybridized carbons (Fsp3) is 0.722. The van der Waals surface area contributed by atoms with Gasteiger partial charge >= 0.3 is 0 Å². The lowest BCUT2D eigenvalue weighted by molar-refractivity contribution is -0.130. The SMILES string of the molecule is CNC(=O)CCCC(=O)N[C@@H](CCC(=O)NC)C(=O)CCC(=O)NC(C)C. The minimum Gasteiger partial charge on any atom is -0.359 e. The molecular formula is C18H32N4O5. The summed E-state index contributed by atoms with van der Waals surface area (Å²) >= 11 is 0. The second kappa shape index (κ2) is 13.7. The molecule has 0 heterocycles. The highest BCUT2D eigenvalue weighted by Crippen LogP contribution is 2.06. The molecule has 0 aliphatic rings. The Morgan fingerprint density at radius 1 is 0.667 bits per heavy atom. The second-order valence-electron chi connectivity index (χ2n) is 6.55. The third-order valence-electron chi connectivity index (χ3n) is 3.80. The van der Waals surface area contributed by atoms with Gasteiger partial charge in [-0.15, -0.1) is 0 Å². The molecule has 1 atom stereocenters. The van der Waals surface area contributed by atoms with Gasteiger partial charge in [0.15, 0.2) is 5.78 Å². The molecule has 0 aromatic carbocycles. The van der Waals surface area contributed by atoms with Crippen LogP contribution in [0.3, 0.4) is 0 Å². The van der Waals surface area contributed by atoms with Crippen LogP contribution in [0.5, 0.6) is 0 Å². The van der Waals surface area contributed by atoms with Crippen LogP contribution < -0.4 is 21.3 Å². The molecule has 9 heteroatoms. The van der Waals surface area contributed by atoms with E-state index in [0.29, 0.717) is 6.42 Å². The van der Waals surface area contributed by atoms with E-state index in [0.717, 1.165) is 0 Å². The van der Waals surface area contributed by atoms with Gasteiger partial charge in [0, 0.05) is 52.2 Å². The Balaban J connectivity index is 4.63. The molecule has 27 heavy (non-hydrogen) atoms. The van der Waals surface area contributed by atoms with E-state index in [9.17, 15) is 24.0 Å². The van der Waals surface area contributed by atoms with Crippen LogP contribution >= 0.6 is 0 Å². The van der Waals surface area contributed by atoms with Crippen molar-refractivity contribution in [1.29, 1.82) is 0 Å². The van der Waals surface area contributed by atoms with Gasteiger partial charge in [0.25, 0.3) is 0 Å². The Bertz CT molecular complexity index is 534. The molecule has 4 N–H and O–H groups in total. The molecule has 0 aliphatic carbocycles. The zero-order chi connectivity index (χ0) is 20.8. The number of nitrogens with one attached hydrogen (secondary N) is 4. The second-order valence-corrected chi connectivity index (χ2v) is 6.55. The van der Waals surface area contributed by atoms with Crippen LogP contribution in [0.25, 0.3) is 0 Å². The van der Waals surface area contributed by atoms with Gasteiger partial charge in [-0.25, -0.2) is 0 Å². The molecule has 0 aliphatic heterocycles. The molecule has 0 rings (SSSR count). The first-order valence-electron chi connectivity index (χ1n) is 9.22. The number of Topliss-reactive ketones (excluding diaryl/α,β-unsaturated/α-hetero) is 1. The molecule has 0 spiro atoms. The Kier molecular flexibility index (Phi) is 12.5. The van der Waals surface area contributed by atoms with E-state index in [2.05, 4.69) is 21.3 Å². The van der Waals surface area contributed by atoms with Gasteiger partial charge < -0.3 is 21.3 Å². The van der Waals surface area contributed by atoms with Crippen LogP contribution in [0.4, 0.5) is 0 Å². The van der Waals surface area contributed by atoms with Gasteiger partial charge in [-0.1, -0.05) is 0 Å². The molecule has 154 valence electrons. The van der Waals surface area contributed by atoms with Crippen molar-refractivity contribution in [3.63, 3.8) is 0 Å². The molecular weight excluding hydrogens is 352 g/mol.